The van der Waals surface area contributed by atoms with Crippen LogP contribution in [-0.4, -0.2) is 34.0 Å². The number of anilines is 1. The van der Waals surface area contributed by atoms with E-state index in [1.807, 2.05) is 6.07 Å². The molecule has 0 saturated heterocycles. The van der Waals surface area contributed by atoms with Gasteiger partial charge in [0.05, 0.1) is 27.9 Å². The van der Waals surface area contributed by atoms with Crippen LogP contribution in [0.15, 0.2) is 36.5 Å². The average Bonchev–Trinajstić information content (AvgIpc) is 3.19. The first-order valence-electron chi connectivity index (χ1n) is 8.19. The Balaban J connectivity index is 1.93. The van der Waals surface area contributed by atoms with Gasteiger partial charge in [0.2, 0.25) is 0 Å². The molecule has 28 heavy (non-hydrogen) atoms. The summed E-state index contributed by atoms with van der Waals surface area (Å²) in [5.74, 6) is -0.912. The summed E-state index contributed by atoms with van der Waals surface area (Å²) >= 11 is 6.11. The predicted octanol–water partition coefficient (Wildman–Crippen LogP) is 2.92. The molecule has 2 heterocycles. The van der Waals surface area contributed by atoms with Crippen molar-refractivity contribution in [2.24, 2.45) is 0 Å². The van der Waals surface area contributed by atoms with Gasteiger partial charge in [0.1, 0.15) is 17.1 Å². The number of aryl methyl sites for hydroxylation is 1. The normalized spacial score (nSPS) is 10.2. The lowest BCUT2D eigenvalue weighted by molar-refractivity contribution is 0.0964. The molecular weight excluding hydrogens is 380 g/mol. The quantitative estimate of drug-likeness (QED) is 0.627. The fourth-order valence-electron chi connectivity index (χ4n) is 2.65. The zero-order chi connectivity index (χ0) is 20.3. The summed E-state index contributed by atoms with van der Waals surface area (Å²) in [6.45, 7) is 1.70. The topological polar surface area (TPSA) is 124 Å². The minimum atomic E-state index is -0.497. The summed E-state index contributed by atoms with van der Waals surface area (Å²) < 4.78 is 0. The number of nitrogens with one attached hydrogen (secondary N) is 3. The van der Waals surface area contributed by atoms with Crippen LogP contribution < -0.4 is 10.6 Å². The molecular formula is C19H15ClN6O2. The highest BCUT2D eigenvalue weighted by Crippen LogP contribution is 2.26. The summed E-state index contributed by atoms with van der Waals surface area (Å²) in [6, 6.07) is 9.90. The Bertz CT molecular complexity index is 1120. The van der Waals surface area contributed by atoms with E-state index in [4.69, 9.17) is 16.9 Å². The van der Waals surface area contributed by atoms with E-state index in [1.54, 1.807) is 31.3 Å². The van der Waals surface area contributed by atoms with Crippen molar-refractivity contribution in [3.63, 3.8) is 0 Å². The highest BCUT2D eigenvalue weighted by Gasteiger charge is 2.19. The molecule has 2 aromatic heterocycles. The second kappa shape index (κ2) is 7.90. The highest BCUT2D eigenvalue weighted by atomic mass is 35.5. The zero-order valence-corrected chi connectivity index (χ0v) is 15.8. The van der Waals surface area contributed by atoms with Gasteiger partial charge in [-0.3, -0.25) is 19.7 Å². The third-order valence-corrected chi connectivity index (χ3v) is 4.30. The Labute approximate surface area is 165 Å². The Morgan fingerprint density at radius 1 is 1.25 bits per heavy atom. The van der Waals surface area contributed by atoms with E-state index in [0.29, 0.717) is 33.2 Å². The Morgan fingerprint density at radius 3 is 2.71 bits per heavy atom. The summed E-state index contributed by atoms with van der Waals surface area (Å²) in [5.41, 5.74) is 2.44. The number of carbonyl (C=O) groups excluding carboxylic acids is 2. The van der Waals surface area contributed by atoms with Crippen LogP contribution in [0.1, 0.15) is 32.0 Å². The fraction of sp³-hybridized carbons (Fsp3) is 0.105. The Morgan fingerprint density at radius 2 is 2.04 bits per heavy atom. The van der Waals surface area contributed by atoms with Crippen molar-refractivity contribution >= 4 is 29.1 Å². The van der Waals surface area contributed by atoms with Crippen molar-refractivity contribution in [2.75, 3.05) is 12.4 Å². The Kier molecular flexibility index (Phi) is 5.38. The van der Waals surface area contributed by atoms with E-state index in [1.165, 1.54) is 19.2 Å². The molecule has 0 saturated carbocycles. The summed E-state index contributed by atoms with van der Waals surface area (Å²) in [7, 11) is 1.47. The van der Waals surface area contributed by atoms with Crippen LogP contribution in [0.4, 0.5) is 5.69 Å². The van der Waals surface area contributed by atoms with Crippen LogP contribution >= 0.6 is 11.6 Å². The number of H-pyrrole nitrogens is 1. The minimum Gasteiger partial charge on any atom is -0.355 e. The molecule has 0 unspecified atom stereocenters. The number of hydrogen-bond donors (Lipinski definition) is 3. The van der Waals surface area contributed by atoms with Crippen LogP contribution in [0.3, 0.4) is 0 Å². The van der Waals surface area contributed by atoms with Crippen molar-refractivity contribution in [2.45, 2.75) is 6.92 Å². The van der Waals surface area contributed by atoms with E-state index in [2.05, 4.69) is 25.8 Å². The number of aromatic amines is 1. The van der Waals surface area contributed by atoms with Crippen molar-refractivity contribution in [1.82, 2.24) is 20.5 Å². The molecule has 3 aromatic rings. The highest BCUT2D eigenvalue weighted by molar-refractivity contribution is 6.32. The lowest BCUT2D eigenvalue weighted by atomic mass is 10.0. The molecule has 3 N–H and O–H groups in total. The van der Waals surface area contributed by atoms with Gasteiger partial charge in [0.15, 0.2) is 0 Å². The van der Waals surface area contributed by atoms with E-state index < -0.39 is 11.8 Å². The predicted molar refractivity (Wildman–Crippen MR) is 104 cm³/mol. The van der Waals surface area contributed by atoms with Crippen molar-refractivity contribution in [1.29, 1.82) is 5.26 Å². The maximum atomic E-state index is 12.7. The van der Waals surface area contributed by atoms with Gasteiger partial charge in [-0.25, -0.2) is 0 Å². The van der Waals surface area contributed by atoms with Crippen molar-refractivity contribution in [3.05, 3.63) is 63.9 Å². The van der Waals surface area contributed by atoms with Gasteiger partial charge in [0, 0.05) is 13.2 Å². The first-order valence-corrected chi connectivity index (χ1v) is 8.57. The standard InChI is InChI=1S/C19H15ClN6O2/c1-10-6-11(9-21)7-12(18(27)22-2)16(10)24-19(28)15-8-14(25-26-15)17-13(20)4-3-5-23-17/h3-8H,1-2H3,(H,22,27)(H,24,28)(H,25,26). The van der Waals surface area contributed by atoms with Gasteiger partial charge >= 0.3 is 0 Å². The van der Waals surface area contributed by atoms with Crippen LogP contribution in [0.2, 0.25) is 5.02 Å². The molecule has 3 rings (SSSR count). The number of carbonyl (C=O) groups is 2. The van der Waals surface area contributed by atoms with Crippen LogP contribution in [-0.2, 0) is 0 Å². The lowest BCUT2D eigenvalue weighted by Gasteiger charge is -2.13. The van der Waals surface area contributed by atoms with Gasteiger partial charge in [0.25, 0.3) is 11.8 Å². The molecule has 0 radical (unpaired) electrons. The molecule has 8 nitrogen and oxygen atoms in total. The minimum absolute atomic E-state index is 0.170. The molecule has 0 fully saturated rings. The molecule has 0 aliphatic heterocycles. The Hall–Kier alpha value is -3.70. The largest absolute Gasteiger partial charge is 0.355 e. The van der Waals surface area contributed by atoms with Crippen molar-refractivity contribution < 1.29 is 9.59 Å². The van der Waals surface area contributed by atoms with Crippen LogP contribution in [0, 0.1) is 18.3 Å². The monoisotopic (exact) mass is 394 g/mol. The van der Waals surface area contributed by atoms with E-state index >= 15 is 0 Å². The first kappa shape index (κ1) is 19.1. The van der Waals surface area contributed by atoms with Crippen LogP contribution in [0.25, 0.3) is 11.4 Å². The molecule has 0 atom stereocenters. The van der Waals surface area contributed by atoms with Gasteiger partial charge in [-0.2, -0.15) is 10.4 Å². The number of halogens is 1. The number of pyridine rings is 1. The average molecular weight is 395 g/mol. The second-order valence-electron chi connectivity index (χ2n) is 5.86. The molecule has 2 amide bonds. The number of aromatic nitrogens is 3. The van der Waals surface area contributed by atoms with Crippen LogP contribution in [0.5, 0.6) is 0 Å². The second-order valence-corrected chi connectivity index (χ2v) is 6.27. The lowest BCUT2D eigenvalue weighted by Crippen LogP contribution is -2.22. The molecule has 9 heteroatoms. The maximum absolute atomic E-state index is 12.7. The van der Waals surface area contributed by atoms with Crippen molar-refractivity contribution in [3.8, 4) is 17.5 Å². The molecule has 0 aliphatic rings. The summed E-state index contributed by atoms with van der Waals surface area (Å²) in [6.07, 6.45) is 1.57. The first-order chi connectivity index (χ1) is 13.4. The number of rotatable bonds is 4. The fourth-order valence-corrected chi connectivity index (χ4v) is 2.86. The number of hydrogen-bond acceptors (Lipinski definition) is 5. The van der Waals surface area contributed by atoms with Gasteiger partial charge in [-0.15, -0.1) is 0 Å². The molecule has 0 aliphatic carbocycles. The van der Waals surface area contributed by atoms with Gasteiger partial charge in [-0.05, 0) is 42.8 Å². The molecule has 1 aromatic carbocycles. The SMILES string of the molecule is CNC(=O)c1cc(C#N)cc(C)c1NC(=O)c1cc(-c2ncccc2Cl)n[nH]1. The summed E-state index contributed by atoms with van der Waals surface area (Å²) in [4.78, 5) is 29.0. The smallest absolute Gasteiger partial charge is 0.273 e. The number of amides is 2. The number of nitrogens with zero attached hydrogens (tertiary/aromatic N) is 3. The number of benzene rings is 1. The molecule has 0 bridgehead atoms. The van der Waals surface area contributed by atoms with E-state index in [0.717, 1.165) is 0 Å². The third-order valence-electron chi connectivity index (χ3n) is 4.00. The van der Waals surface area contributed by atoms with Gasteiger partial charge in [-0.1, -0.05) is 11.6 Å². The van der Waals surface area contributed by atoms with Gasteiger partial charge < -0.3 is 10.6 Å². The third kappa shape index (κ3) is 3.70. The maximum Gasteiger partial charge on any atom is 0.273 e. The summed E-state index contributed by atoms with van der Waals surface area (Å²) in [5, 5.41) is 21.5. The van der Waals surface area contributed by atoms with E-state index in [9.17, 15) is 9.59 Å². The zero-order valence-electron chi connectivity index (χ0n) is 15.0. The number of nitriles is 1. The molecule has 140 valence electrons. The molecule has 0 spiro atoms. The van der Waals surface area contributed by atoms with E-state index in [-0.39, 0.29) is 11.3 Å².